The normalized spacial score (nSPS) is 12.6. The number of methoxy groups -OCH3 is 1. The number of aryl methyl sites for hydroxylation is 1. The highest BCUT2D eigenvalue weighted by atomic mass is 16.5. The monoisotopic (exact) mass is 239 g/mol. The van der Waals surface area contributed by atoms with E-state index in [1.54, 1.807) is 19.5 Å². The standard InChI is InChI=1S/C12H21N3O2/c1-10-12(15-5-4-13-10)11(2)14-6-7-17-9-8-16-3/h4-5,11,14H,6-9H2,1-3H3. The lowest BCUT2D eigenvalue weighted by molar-refractivity contribution is 0.0712. The minimum atomic E-state index is 0.190. The minimum absolute atomic E-state index is 0.190. The van der Waals surface area contributed by atoms with Crippen LogP contribution in [0.5, 0.6) is 0 Å². The molecule has 0 saturated heterocycles. The zero-order valence-corrected chi connectivity index (χ0v) is 10.8. The van der Waals surface area contributed by atoms with Gasteiger partial charge in [-0.15, -0.1) is 0 Å². The Kier molecular flexibility index (Phi) is 6.69. The summed E-state index contributed by atoms with van der Waals surface area (Å²) < 4.78 is 10.3. The molecule has 1 atom stereocenters. The fraction of sp³-hybridized carbons (Fsp3) is 0.667. The lowest BCUT2D eigenvalue weighted by atomic mass is 10.2. The van der Waals surface area contributed by atoms with Crippen molar-refractivity contribution in [2.75, 3.05) is 33.5 Å². The molecule has 0 radical (unpaired) electrons. The van der Waals surface area contributed by atoms with Crippen LogP contribution in [0.4, 0.5) is 0 Å². The second-order valence-corrected chi connectivity index (χ2v) is 3.81. The predicted octanol–water partition coefficient (Wildman–Crippen LogP) is 1.10. The molecule has 96 valence electrons. The van der Waals surface area contributed by atoms with E-state index in [0.29, 0.717) is 19.8 Å². The molecular formula is C12H21N3O2. The van der Waals surface area contributed by atoms with Crippen LogP contribution in [-0.2, 0) is 9.47 Å². The molecule has 0 aliphatic heterocycles. The SMILES string of the molecule is COCCOCCNC(C)c1nccnc1C. The van der Waals surface area contributed by atoms with E-state index in [2.05, 4.69) is 22.2 Å². The number of rotatable bonds is 8. The Morgan fingerprint density at radius 2 is 2.00 bits per heavy atom. The van der Waals surface area contributed by atoms with E-state index in [1.165, 1.54) is 0 Å². The number of hydrogen-bond acceptors (Lipinski definition) is 5. The summed E-state index contributed by atoms with van der Waals surface area (Å²) in [5.74, 6) is 0. The van der Waals surface area contributed by atoms with Gasteiger partial charge in [-0.2, -0.15) is 0 Å². The number of nitrogens with zero attached hydrogens (tertiary/aromatic N) is 2. The van der Waals surface area contributed by atoms with Crippen LogP contribution in [-0.4, -0.2) is 43.4 Å². The highest BCUT2D eigenvalue weighted by Crippen LogP contribution is 2.10. The first kappa shape index (κ1) is 14.0. The topological polar surface area (TPSA) is 56.3 Å². The van der Waals surface area contributed by atoms with Crippen LogP contribution < -0.4 is 5.32 Å². The maximum absolute atomic E-state index is 5.37. The summed E-state index contributed by atoms with van der Waals surface area (Å²) in [6.45, 7) is 6.78. The molecule has 0 aromatic carbocycles. The average Bonchev–Trinajstić information content (AvgIpc) is 2.34. The van der Waals surface area contributed by atoms with E-state index in [0.717, 1.165) is 17.9 Å². The minimum Gasteiger partial charge on any atom is -0.382 e. The molecule has 0 spiro atoms. The maximum atomic E-state index is 5.37. The summed E-state index contributed by atoms with van der Waals surface area (Å²) in [7, 11) is 1.67. The van der Waals surface area contributed by atoms with Crippen LogP contribution in [0.3, 0.4) is 0 Å². The van der Waals surface area contributed by atoms with Gasteiger partial charge in [0, 0.05) is 32.1 Å². The van der Waals surface area contributed by atoms with Crippen LogP contribution in [0.25, 0.3) is 0 Å². The van der Waals surface area contributed by atoms with E-state index in [1.807, 2.05) is 6.92 Å². The van der Waals surface area contributed by atoms with Gasteiger partial charge in [-0.3, -0.25) is 9.97 Å². The molecule has 1 N–H and O–H groups in total. The Morgan fingerprint density at radius 1 is 1.24 bits per heavy atom. The van der Waals surface area contributed by atoms with E-state index < -0.39 is 0 Å². The van der Waals surface area contributed by atoms with Crippen molar-refractivity contribution in [3.63, 3.8) is 0 Å². The largest absolute Gasteiger partial charge is 0.382 e. The van der Waals surface area contributed by atoms with Gasteiger partial charge in [-0.05, 0) is 13.8 Å². The molecule has 1 heterocycles. The fourth-order valence-electron chi connectivity index (χ4n) is 1.53. The smallest absolute Gasteiger partial charge is 0.0782 e. The highest BCUT2D eigenvalue weighted by Gasteiger charge is 2.08. The molecule has 1 aromatic rings. The summed E-state index contributed by atoms with van der Waals surface area (Å²) in [5, 5.41) is 3.35. The Labute approximate surface area is 103 Å². The number of ether oxygens (including phenoxy) is 2. The summed E-state index contributed by atoms with van der Waals surface area (Å²) in [4.78, 5) is 8.54. The van der Waals surface area contributed by atoms with Gasteiger partial charge in [0.15, 0.2) is 0 Å². The molecule has 1 rings (SSSR count). The Balaban J connectivity index is 2.21. The maximum Gasteiger partial charge on any atom is 0.0782 e. The van der Waals surface area contributed by atoms with Gasteiger partial charge in [0.05, 0.1) is 31.2 Å². The number of nitrogens with one attached hydrogen (secondary N) is 1. The summed E-state index contributed by atoms with van der Waals surface area (Å²) >= 11 is 0. The third-order valence-electron chi connectivity index (χ3n) is 2.46. The predicted molar refractivity (Wildman–Crippen MR) is 65.9 cm³/mol. The molecule has 5 nitrogen and oxygen atoms in total. The van der Waals surface area contributed by atoms with Gasteiger partial charge in [0.2, 0.25) is 0 Å². The van der Waals surface area contributed by atoms with Crippen molar-refractivity contribution in [3.8, 4) is 0 Å². The highest BCUT2D eigenvalue weighted by molar-refractivity contribution is 5.12. The van der Waals surface area contributed by atoms with Crippen molar-refractivity contribution in [1.29, 1.82) is 0 Å². The summed E-state index contributed by atoms with van der Waals surface area (Å²) in [5.41, 5.74) is 1.96. The molecule has 0 amide bonds. The van der Waals surface area contributed by atoms with Crippen molar-refractivity contribution in [3.05, 3.63) is 23.8 Å². The van der Waals surface area contributed by atoms with Crippen LogP contribution in [0.2, 0.25) is 0 Å². The van der Waals surface area contributed by atoms with Gasteiger partial charge >= 0.3 is 0 Å². The van der Waals surface area contributed by atoms with Crippen molar-refractivity contribution < 1.29 is 9.47 Å². The molecule has 1 aromatic heterocycles. The Morgan fingerprint density at radius 3 is 2.71 bits per heavy atom. The molecule has 0 aliphatic rings. The number of aromatic nitrogens is 2. The third-order valence-corrected chi connectivity index (χ3v) is 2.46. The Hall–Kier alpha value is -1.04. The van der Waals surface area contributed by atoms with E-state index in [9.17, 15) is 0 Å². The summed E-state index contributed by atoms with van der Waals surface area (Å²) in [6.07, 6.45) is 3.43. The zero-order valence-electron chi connectivity index (χ0n) is 10.8. The third kappa shape index (κ3) is 5.21. The van der Waals surface area contributed by atoms with Crippen LogP contribution >= 0.6 is 0 Å². The first-order chi connectivity index (χ1) is 8.25. The molecule has 5 heteroatoms. The molecule has 17 heavy (non-hydrogen) atoms. The van der Waals surface area contributed by atoms with Gasteiger partial charge < -0.3 is 14.8 Å². The van der Waals surface area contributed by atoms with Crippen molar-refractivity contribution in [1.82, 2.24) is 15.3 Å². The van der Waals surface area contributed by atoms with E-state index in [4.69, 9.17) is 9.47 Å². The second kappa shape index (κ2) is 8.11. The lowest BCUT2D eigenvalue weighted by Crippen LogP contribution is -2.25. The van der Waals surface area contributed by atoms with Crippen LogP contribution in [0.15, 0.2) is 12.4 Å². The first-order valence-electron chi connectivity index (χ1n) is 5.83. The average molecular weight is 239 g/mol. The molecular weight excluding hydrogens is 218 g/mol. The van der Waals surface area contributed by atoms with Crippen molar-refractivity contribution in [2.45, 2.75) is 19.9 Å². The molecule has 0 fully saturated rings. The van der Waals surface area contributed by atoms with E-state index >= 15 is 0 Å². The van der Waals surface area contributed by atoms with E-state index in [-0.39, 0.29) is 6.04 Å². The van der Waals surface area contributed by atoms with Gasteiger partial charge in [0.1, 0.15) is 0 Å². The van der Waals surface area contributed by atoms with Gasteiger partial charge in [0.25, 0.3) is 0 Å². The molecule has 0 aliphatic carbocycles. The van der Waals surface area contributed by atoms with Crippen molar-refractivity contribution in [2.24, 2.45) is 0 Å². The molecule has 0 saturated carbocycles. The fourth-order valence-corrected chi connectivity index (χ4v) is 1.53. The lowest BCUT2D eigenvalue weighted by Gasteiger charge is -2.14. The second-order valence-electron chi connectivity index (χ2n) is 3.81. The molecule has 0 bridgehead atoms. The molecule has 1 unspecified atom stereocenters. The van der Waals surface area contributed by atoms with Crippen LogP contribution in [0, 0.1) is 6.92 Å². The zero-order chi connectivity index (χ0) is 12.5. The van der Waals surface area contributed by atoms with Gasteiger partial charge in [-0.1, -0.05) is 0 Å². The summed E-state index contributed by atoms with van der Waals surface area (Å²) in [6, 6.07) is 0.190. The van der Waals surface area contributed by atoms with Gasteiger partial charge in [-0.25, -0.2) is 0 Å². The Bertz CT molecular complexity index is 320. The van der Waals surface area contributed by atoms with Crippen LogP contribution in [0.1, 0.15) is 24.4 Å². The quantitative estimate of drug-likeness (QED) is 0.688. The number of hydrogen-bond donors (Lipinski definition) is 1. The van der Waals surface area contributed by atoms with Crippen molar-refractivity contribution >= 4 is 0 Å². The first-order valence-corrected chi connectivity index (χ1v) is 5.83.